The molecule has 144 valence electrons. The van der Waals surface area contributed by atoms with E-state index < -0.39 is 16.9 Å². The summed E-state index contributed by atoms with van der Waals surface area (Å²) in [6.07, 6.45) is -1.04. The normalized spacial score (nSPS) is 11.2. The van der Waals surface area contributed by atoms with Crippen LogP contribution in [0.15, 0.2) is 72.8 Å². The van der Waals surface area contributed by atoms with Gasteiger partial charge in [0, 0.05) is 17.3 Å². The van der Waals surface area contributed by atoms with E-state index in [1.807, 2.05) is 6.07 Å². The third kappa shape index (κ3) is 4.89. The van der Waals surface area contributed by atoms with Crippen molar-refractivity contribution in [3.63, 3.8) is 0 Å². The highest BCUT2D eigenvalue weighted by Crippen LogP contribution is 2.29. The second-order valence-corrected chi connectivity index (χ2v) is 6.37. The van der Waals surface area contributed by atoms with E-state index in [0.29, 0.717) is 16.9 Å². The van der Waals surface area contributed by atoms with Gasteiger partial charge >= 0.3 is 0 Å². The summed E-state index contributed by atoms with van der Waals surface area (Å²) in [6, 6.07) is 21.2. The smallest absolute Gasteiger partial charge is 0.289 e. The van der Waals surface area contributed by atoms with E-state index in [1.54, 1.807) is 48.5 Å². The first kappa shape index (κ1) is 19.9. The molecule has 1 atom stereocenters. The molecule has 0 saturated heterocycles. The third-order valence-electron chi connectivity index (χ3n) is 3.97. The SMILES string of the molecule is N#Cc1cccc(O[C@H](C(=O)Nc2ccc(Cl)c([N+](=O)[O-])c2)c2ccccc2)c1. The molecule has 1 amide bonds. The van der Waals surface area contributed by atoms with Crippen LogP contribution in [-0.4, -0.2) is 10.8 Å². The molecule has 0 radical (unpaired) electrons. The zero-order valence-corrected chi connectivity index (χ0v) is 15.7. The molecule has 0 aliphatic heterocycles. The molecule has 0 aliphatic rings. The molecule has 29 heavy (non-hydrogen) atoms. The second kappa shape index (κ2) is 8.87. The van der Waals surface area contributed by atoms with E-state index in [1.165, 1.54) is 24.3 Å². The largest absolute Gasteiger partial charge is 0.476 e. The van der Waals surface area contributed by atoms with Gasteiger partial charge in [0.1, 0.15) is 10.8 Å². The van der Waals surface area contributed by atoms with Gasteiger partial charge in [0.15, 0.2) is 0 Å². The van der Waals surface area contributed by atoms with Gasteiger partial charge < -0.3 is 10.1 Å². The number of carbonyl (C=O) groups excluding carboxylic acids is 1. The van der Waals surface area contributed by atoms with Crippen LogP contribution < -0.4 is 10.1 Å². The molecule has 0 fully saturated rings. The summed E-state index contributed by atoms with van der Waals surface area (Å²) in [5.74, 6) is -0.190. The maximum absolute atomic E-state index is 12.9. The number of hydrogen-bond donors (Lipinski definition) is 1. The predicted octanol–water partition coefficient (Wildman–Crippen LogP) is 4.88. The molecule has 0 aliphatic carbocycles. The number of halogens is 1. The Morgan fingerprint density at radius 3 is 2.55 bits per heavy atom. The van der Waals surface area contributed by atoms with E-state index >= 15 is 0 Å². The van der Waals surface area contributed by atoms with Crippen molar-refractivity contribution in [2.24, 2.45) is 0 Å². The number of hydrogen-bond acceptors (Lipinski definition) is 5. The Morgan fingerprint density at radius 2 is 1.86 bits per heavy atom. The van der Waals surface area contributed by atoms with Crippen molar-refractivity contribution in [3.8, 4) is 11.8 Å². The summed E-state index contributed by atoms with van der Waals surface area (Å²) >= 11 is 5.82. The lowest BCUT2D eigenvalue weighted by Crippen LogP contribution is -2.25. The average Bonchev–Trinajstić information content (AvgIpc) is 2.74. The Bertz CT molecular complexity index is 1100. The Hall–Kier alpha value is -3.89. The number of anilines is 1. The highest BCUT2D eigenvalue weighted by molar-refractivity contribution is 6.32. The summed E-state index contributed by atoms with van der Waals surface area (Å²) in [6.45, 7) is 0. The van der Waals surface area contributed by atoms with E-state index in [2.05, 4.69) is 5.32 Å². The Labute approximate surface area is 171 Å². The van der Waals surface area contributed by atoms with Crippen LogP contribution in [0.25, 0.3) is 0 Å². The maximum Gasteiger partial charge on any atom is 0.289 e. The molecular formula is C21H14ClN3O4. The van der Waals surface area contributed by atoms with E-state index in [9.17, 15) is 14.9 Å². The fourth-order valence-corrected chi connectivity index (χ4v) is 2.80. The van der Waals surface area contributed by atoms with Crippen LogP contribution in [0.3, 0.4) is 0 Å². The lowest BCUT2D eigenvalue weighted by atomic mass is 10.1. The summed E-state index contributed by atoms with van der Waals surface area (Å²) in [7, 11) is 0. The van der Waals surface area contributed by atoms with Crippen molar-refractivity contribution < 1.29 is 14.5 Å². The minimum atomic E-state index is -1.04. The summed E-state index contributed by atoms with van der Waals surface area (Å²) in [5, 5.41) is 22.7. The van der Waals surface area contributed by atoms with Gasteiger partial charge in [-0.15, -0.1) is 0 Å². The predicted molar refractivity (Wildman–Crippen MR) is 108 cm³/mol. The van der Waals surface area contributed by atoms with E-state index in [4.69, 9.17) is 21.6 Å². The number of nitro benzene ring substituents is 1. The number of nitriles is 1. The van der Waals surface area contributed by atoms with Crippen molar-refractivity contribution in [2.45, 2.75) is 6.10 Å². The van der Waals surface area contributed by atoms with Crippen molar-refractivity contribution in [1.29, 1.82) is 5.26 Å². The van der Waals surface area contributed by atoms with Crippen LogP contribution in [0, 0.1) is 21.4 Å². The molecule has 0 bridgehead atoms. The van der Waals surface area contributed by atoms with Crippen molar-refractivity contribution in [1.82, 2.24) is 0 Å². The molecule has 0 spiro atoms. The zero-order chi connectivity index (χ0) is 20.8. The van der Waals surface area contributed by atoms with Gasteiger partial charge in [-0.1, -0.05) is 48.0 Å². The first-order chi connectivity index (χ1) is 14.0. The molecule has 3 aromatic rings. The number of nitrogens with one attached hydrogen (secondary N) is 1. The molecule has 8 heteroatoms. The van der Waals surface area contributed by atoms with Crippen LogP contribution in [0.5, 0.6) is 5.75 Å². The standard InChI is InChI=1S/C21H14ClN3O4/c22-18-10-9-16(12-19(18)25(27)28)24-21(26)20(15-6-2-1-3-7-15)29-17-8-4-5-14(11-17)13-23/h1-12,20H,(H,24,26)/t20-/m0/s1. The average molecular weight is 408 g/mol. The Morgan fingerprint density at radius 1 is 1.10 bits per heavy atom. The van der Waals surface area contributed by atoms with Crippen molar-refractivity contribution in [3.05, 3.63) is 99.1 Å². The third-order valence-corrected chi connectivity index (χ3v) is 4.29. The molecule has 0 heterocycles. The van der Waals surface area contributed by atoms with Crippen molar-refractivity contribution in [2.75, 3.05) is 5.32 Å². The molecule has 0 saturated carbocycles. The van der Waals surface area contributed by atoms with Gasteiger partial charge in [0.2, 0.25) is 6.10 Å². The molecule has 0 unspecified atom stereocenters. The van der Waals surface area contributed by atoms with Crippen molar-refractivity contribution >= 4 is 28.9 Å². The fraction of sp³-hybridized carbons (Fsp3) is 0.0476. The Balaban J connectivity index is 1.90. The number of rotatable bonds is 6. The second-order valence-electron chi connectivity index (χ2n) is 5.96. The number of ether oxygens (including phenoxy) is 1. The van der Waals surface area contributed by atoms with Gasteiger partial charge in [-0.3, -0.25) is 14.9 Å². The van der Waals surface area contributed by atoms with Gasteiger partial charge in [-0.05, 0) is 30.3 Å². The first-order valence-electron chi connectivity index (χ1n) is 8.44. The first-order valence-corrected chi connectivity index (χ1v) is 8.82. The monoisotopic (exact) mass is 407 g/mol. The van der Waals surface area contributed by atoms with Crippen LogP contribution in [0.1, 0.15) is 17.2 Å². The maximum atomic E-state index is 12.9. The lowest BCUT2D eigenvalue weighted by Gasteiger charge is -2.19. The number of nitrogens with zero attached hydrogens (tertiary/aromatic N) is 2. The van der Waals surface area contributed by atoms with Crippen LogP contribution >= 0.6 is 11.6 Å². The molecule has 7 nitrogen and oxygen atoms in total. The molecular weight excluding hydrogens is 394 g/mol. The van der Waals surface area contributed by atoms with Gasteiger partial charge in [-0.2, -0.15) is 5.26 Å². The van der Waals surface area contributed by atoms with Crippen LogP contribution in [-0.2, 0) is 4.79 Å². The summed E-state index contributed by atoms with van der Waals surface area (Å²) < 4.78 is 5.86. The van der Waals surface area contributed by atoms with Crippen LogP contribution in [0.2, 0.25) is 5.02 Å². The minimum absolute atomic E-state index is 0.0304. The topological polar surface area (TPSA) is 105 Å². The minimum Gasteiger partial charge on any atom is -0.476 e. The molecule has 1 N–H and O–H groups in total. The fourth-order valence-electron chi connectivity index (χ4n) is 2.61. The summed E-state index contributed by atoms with van der Waals surface area (Å²) in [5.41, 5.74) is 0.864. The summed E-state index contributed by atoms with van der Waals surface area (Å²) in [4.78, 5) is 23.4. The van der Waals surface area contributed by atoms with Gasteiger partial charge in [0.05, 0.1) is 16.6 Å². The highest BCUT2D eigenvalue weighted by atomic mass is 35.5. The molecule has 0 aromatic heterocycles. The number of nitro groups is 1. The number of benzene rings is 3. The van der Waals surface area contributed by atoms with Crippen LogP contribution in [0.4, 0.5) is 11.4 Å². The molecule has 3 aromatic carbocycles. The number of carbonyl (C=O) groups is 1. The zero-order valence-electron chi connectivity index (χ0n) is 14.9. The quantitative estimate of drug-likeness (QED) is 0.463. The van der Waals surface area contributed by atoms with Gasteiger partial charge in [-0.25, -0.2) is 0 Å². The highest BCUT2D eigenvalue weighted by Gasteiger charge is 2.24. The Kier molecular flexibility index (Phi) is 6.07. The van der Waals surface area contributed by atoms with E-state index in [-0.39, 0.29) is 16.4 Å². The lowest BCUT2D eigenvalue weighted by molar-refractivity contribution is -0.384. The molecule has 3 rings (SSSR count). The van der Waals surface area contributed by atoms with Gasteiger partial charge in [0.25, 0.3) is 11.6 Å². The van der Waals surface area contributed by atoms with E-state index in [0.717, 1.165) is 0 Å². The number of amides is 1.